The summed E-state index contributed by atoms with van der Waals surface area (Å²) in [5.74, 6) is -0.575. The van der Waals surface area contributed by atoms with Gasteiger partial charge in [-0.2, -0.15) is 0 Å². The van der Waals surface area contributed by atoms with Crippen LogP contribution in [0.2, 0.25) is 5.02 Å². The predicted molar refractivity (Wildman–Crippen MR) is 231 cm³/mol. The summed E-state index contributed by atoms with van der Waals surface area (Å²) in [7, 11) is -4.60. The van der Waals surface area contributed by atoms with Crippen LogP contribution in [0.25, 0.3) is 16.6 Å². The van der Waals surface area contributed by atoms with Gasteiger partial charge in [0.05, 0.1) is 59.7 Å². The van der Waals surface area contributed by atoms with E-state index in [0.717, 1.165) is 35.5 Å². The van der Waals surface area contributed by atoms with Gasteiger partial charge in [0.25, 0.3) is 21.6 Å². The highest BCUT2D eigenvalue weighted by molar-refractivity contribution is 7.90. The Labute approximate surface area is 357 Å². The van der Waals surface area contributed by atoms with Gasteiger partial charge in [-0.05, 0) is 85.5 Å². The number of H-pyrrole nitrogens is 1. The SMILES string of the molecule is CC1(C)CC(c2ccc(Cl)cc2)=C(CC2CN(c3ccc(C(=O)NS(=O)(=O)c4ccc(NCC5COCCO5)c([N+](=O)[O-])c4)c(Oc4cnc5[nH]ccc5c4)c3)CCN2)CO1. The Balaban J connectivity index is 1.04. The number of nitro groups is 1. The fraction of sp³-hybridized carbons (Fsp3) is 0.349. The number of nitrogens with one attached hydrogen (secondary N) is 4. The van der Waals surface area contributed by atoms with Crippen molar-refractivity contribution in [3.05, 3.63) is 117 Å². The highest BCUT2D eigenvalue weighted by Gasteiger charge is 2.32. The lowest BCUT2D eigenvalue weighted by molar-refractivity contribution is -0.384. The zero-order chi connectivity index (χ0) is 42.7. The van der Waals surface area contributed by atoms with Crippen molar-refractivity contribution in [2.75, 3.05) is 62.8 Å². The van der Waals surface area contributed by atoms with E-state index in [2.05, 4.69) is 56.2 Å². The third-order valence-electron chi connectivity index (χ3n) is 10.9. The van der Waals surface area contributed by atoms with Gasteiger partial charge in [0.2, 0.25) is 0 Å². The third-order valence-corrected chi connectivity index (χ3v) is 12.5. The summed E-state index contributed by atoms with van der Waals surface area (Å²) in [6.45, 7) is 8.06. The summed E-state index contributed by atoms with van der Waals surface area (Å²) in [5.41, 5.74) is 4.21. The standard InChI is InChI=1S/C43H46ClN7O9S/c1-43(2)21-37(27-3-5-30(44)6-4-27)29(25-59-43)17-31-24-50(14-13-45-31)32-7-9-36(40(19-32)60-33-18-28-11-12-46-41(28)48-22-33)42(52)49-61(55,56)35-8-10-38(39(20-35)51(53)54)47-23-34-26-57-15-16-58-34/h3-12,18-20,22,31,34,45,47H,13-17,21,23-26H2,1-2H3,(H,46,48)(H,49,52). The van der Waals surface area contributed by atoms with E-state index >= 15 is 0 Å². The van der Waals surface area contributed by atoms with Crippen LogP contribution in [0.4, 0.5) is 17.1 Å². The van der Waals surface area contributed by atoms with Crippen molar-refractivity contribution in [1.29, 1.82) is 0 Å². The van der Waals surface area contributed by atoms with Crippen LogP contribution < -0.4 is 25.0 Å². The Bertz CT molecular complexity index is 2580. The fourth-order valence-corrected chi connectivity index (χ4v) is 8.89. The molecule has 2 aromatic heterocycles. The van der Waals surface area contributed by atoms with Crippen molar-refractivity contribution in [1.82, 2.24) is 20.0 Å². The Morgan fingerprint density at radius 2 is 1.93 bits per heavy atom. The van der Waals surface area contributed by atoms with Gasteiger partial charge >= 0.3 is 0 Å². The molecular formula is C43H46ClN7O9S. The van der Waals surface area contributed by atoms with Crippen LogP contribution in [0.3, 0.4) is 0 Å². The highest BCUT2D eigenvalue weighted by atomic mass is 35.5. The second-order valence-corrected chi connectivity index (χ2v) is 17.9. The number of hydrogen-bond donors (Lipinski definition) is 4. The molecule has 0 bridgehead atoms. The molecule has 2 atom stereocenters. The van der Waals surface area contributed by atoms with E-state index in [1.54, 1.807) is 24.4 Å². The van der Waals surface area contributed by atoms with Crippen LogP contribution in [-0.2, 0) is 24.2 Å². The van der Waals surface area contributed by atoms with E-state index in [9.17, 15) is 23.3 Å². The number of carbonyl (C=O) groups is 1. The van der Waals surface area contributed by atoms with E-state index in [0.29, 0.717) is 62.5 Å². The number of sulfonamides is 1. The number of rotatable bonds is 13. The van der Waals surface area contributed by atoms with E-state index in [-0.39, 0.29) is 41.3 Å². The van der Waals surface area contributed by atoms with Crippen molar-refractivity contribution in [2.24, 2.45) is 0 Å². The summed E-state index contributed by atoms with van der Waals surface area (Å²) in [6, 6.07) is 19.9. The first kappa shape index (κ1) is 42.1. The molecule has 3 aliphatic rings. The van der Waals surface area contributed by atoms with Crippen LogP contribution in [-0.4, -0.2) is 99.6 Å². The lowest BCUT2D eigenvalue weighted by atomic mass is 9.85. The Morgan fingerprint density at radius 3 is 2.72 bits per heavy atom. The number of piperazine rings is 1. The molecular weight excluding hydrogens is 826 g/mol. The average molecular weight is 872 g/mol. The lowest BCUT2D eigenvalue weighted by Gasteiger charge is -2.39. The minimum Gasteiger partial charge on any atom is -0.455 e. The number of hydrogen-bond acceptors (Lipinski definition) is 13. The number of nitro benzene ring substituents is 1. The quantitative estimate of drug-likeness (QED) is 0.0722. The molecule has 61 heavy (non-hydrogen) atoms. The topological polar surface area (TPSA) is 199 Å². The van der Waals surface area contributed by atoms with Crippen molar-refractivity contribution in [2.45, 2.75) is 49.3 Å². The lowest BCUT2D eigenvalue weighted by Crippen LogP contribution is -2.51. The molecule has 5 aromatic rings. The molecule has 2 fully saturated rings. The summed E-state index contributed by atoms with van der Waals surface area (Å²) < 4.78 is 53.0. The monoisotopic (exact) mass is 871 g/mol. The number of aromatic amines is 1. The minimum absolute atomic E-state index is 0.0637. The van der Waals surface area contributed by atoms with Crippen LogP contribution in [0.1, 0.15) is 42.6 Å². The second-order valence-electron chi connectivity index (χ2n) is 15.8. The fourth-order valence-electron chi connectivity index (χ4n) is 7.78. The average Bonchev–Trinajstić information content (AvgIpc) is 3.72. The Morgan fingerprint density at radius 1 is 1.10 bits per heavy atom. The molecule has 18 heteroatoms. The van der Waals surface area contributed by atoms with Gasteiger partial charge in [-0.15, -0.1) is 0 Å². The van der Waals surface area contributed by atoms with Gasteiger partial charge in [0, 0.05) is 73.1 Å². The number of ether oxygens (including phenoxy) is 4. The second kappa shape index (κ2) is 17.8. The summed E-state index contributed by atoms with van der Waals surface area (Å²) in [4.78, 5) is 34.5. The number of carbonyl (C=O) groups excluding carboxylic acids is 1. The molecule has 0 saturated carbocycles. The molecule has 2 unspecified atom stereocenters. The van der Waals surface area contributed by atoms with Gasteiger partial charge in [-0.25, -0.2) is 18.1 Å². The first-order valence-electron chi connectivity index (χ1n) is 19.9. The summed E-state index contributed by atoms with van der Waals surface area (Å²) >= 11 is 6.23. The normalized spacial score (nSPS) is 19.4. The molecule has 8 rings (SSSR count). The maximum Gasteiger partial charge on any atom is 0.293 e. The van der Waals surface area contributed by atoms with Crippen LogP contribution in [0.5, 0.6) is 11.5 Å². The number of anilines is 2. The first-order valence-corrected chi connectivity index (χ1v) is 21.8. The largest absolute Gasteiger partial charge is 0.455 e. The first-order chi connectivity index (χ1) is 29.3. The molecule has 3 aromatic carbocycles. The molecule has 0 spiro atoms. The van der Waals surface area contributed by atoms with Crippen molar-refractivity contribution < 1.29 is 37.1 Å². The number of aromatic nitrogens is 2. The van der Waals surface area contributed by atoms with Crippen molar-refractivity contribution in [3.63, 3.8) is 0 Å². The predicted octanol–water partition coefficient (Wildman–Crippen LogP) is 6.68. The van der Waals surface area contributed by atoms with Crippen LogP contribution in [0.15, 0.2) is 95.7 Å². The number of halogens is 1. The van der Waals surface area contributed by atoms with Gasteiger partial charge in [0.15, 0.2) is 0 Å². The molecule has 1 amide bonds. The molecule has 2 saturated heterocycles. The van der Waals surface area contributed by atoms with E-state index in [1.165, 1.54) is 35.5 Å². The van der Waals surface area contributed by atoms with Crippen molar-refractivity contribution in [3.8, 4) is 11.5 Å². The van der Waals surface area contributed by atoms with Crippen LogP contribution >= 0.6 is 11.6 Å². The zero-order valence-corrected chi connectivity index (χ0v) is 35.2. The number of fused-ring (bicyclic) bond motifs is 1. The third kappa shape index (κ3) is 9.99. The number of amides is 1. The van der Waals surface area contributed by atoms with Gasteiger partial charge in [0.1, 0.15) is 22.8 Å². The molecule has 3 aliphatic heterocycles. The molecule has 320 valence electrons. The number of nitrogens with zero attached hydrogens (tertiary/aromatic N) is 3. The maximum atomic E-state index is 13.9. The number of benzene rings is 3. The Hall–Kier alpha value is -5.56. The molecule has 4 N–H and O–H groups in total. The number of pyridine rings is 1. The molecule has 5 heterocycles. The van der Waals surface area contributed by atoms with Gasteiger partial charge in [-0.3, -0.25) is 14.9 Å². The molecule has 16 nitrogen and oxygen atoms in total. The Kier molecular flexibility index (Phi) is 12.3. The minimum atomic E-state index is -4.60. The van der Waals surface area contributed by atoms with Crippen LogP contribution in [0, 0.1) is 10.1 Å². The van der Waals surface area contributed by atoms with Gasteiger partial charge in [-0.1, -0.05) is 23.7 Å². The zero-order valence-electron chi connectivity index (χ0n) is 33.6. The van der Waals surface area contributed by atoms with E-state index in [1.807, 2.05) is 18.2 Å². The van der Waals surface area contributed by atoms with E-state index < -0.39 is 31.4 Å². The summed E-state index contributed by atoms with van der Waals surface area (Å²) in [6.07, 6.45) is 4.42. The molecule has 0 radical (unpaired) electrons. The smallest absolute Gasteiger partial charge is 0.293 e. The summed E-state index contributed by atoms with van der Waals surface area (Å²) in [5, 5.41) is 20.1. The maximum absolute atomic E-state index is 13.9. The van der Waals surface area contributed by atoms with Gasteiger partial charge < -0.3 is 39.5 Å². The van der Waals surface area contributed by atoms with E-state index in [4.69, 9.17) is 30.5 Å². The van der Waals surface area contributed by atoms with Crippen molar-refractivity contribution >= 4 is 61.2 Å². The highest BCUT2D eigenvalue weighted by Crippen LogP contribution is 2.38. The molecule has 0 aliphatic carbocycles.